The van der Waals surface area contributed by atoms with Gasteiger partial charge in [-0.3, -0.25) is 0 Å². The van der Waals surface area contributed by atoms with Crippen molar-refractivity contribution in [3.63, 3.8) is 0 Å². The Labute approximate surface area is 111 Å². The molecular formula is C15H28N2O. The molecule has 0 saturated carbocycles. The molecule has 0 spiro atoms. The highest BCUT2D eigenvalue weighted by atomic mass is 16.5. The summed E-state index contributed by atoms with van der Waals surface area (Å²) in [5, 5.41) is 7.49. The number of piperidine rings is 1. The van der Waals surface area contributed by atoms with E-state index in [1.54, 1.807) is 0 Å². The van der Waals surface area contributed by atoms with Crippen molar-refractivity contribution in [1.29, 1.82) is 0 Å². The molecule has 3 rings (SSSR count). The molecule has 3 aliphatic rings. The number of rotatable bonds is 4. The van der Waals surface area contributed by atoms with Gasteiger partial charge in [0.25, 0.3) is 0 Å². The third-order valence-electron chi connectivity index (χ3n) is 5.54. The second-order valence-electron chi connectivity index (χ2n) is 6.87. The van der Waals surface area contributed by atoms with Gasteiger partial charge in [-0.1, -0.05) is 0 Å². The van der Waals surface area contributed by atoms with Crippen molar-refractivity contribution in [3.8, 4) is 0 Å². The Balaban J connectivity index is 1.42. The Morgan fingerprint density at radius 1 is 1.28 bits per heavy atom. The highest BCUT2D eigenvalue weighted by Crippen LogP contribution is 2.33. The van der Waals surface area contributed by atoms with Crippen LogP contribution in [0, 0.1) is 5.92 Å². The molecule has 0 aliphatic carbocycles. The van der Waals surface area contributed by atoms with Crippen molar-refractivity contribution in [3.05, 3.63) is 0 Å². The molecule has 0 aromatic carbocycles. The van der Waals surface area contributed by atoms with E-state index in [1.165, 1.54) is 32.1 Å². The lowest BCUT2D eigenvalue weighted by Crippen LogP contribution is -2.48. The summed E-state index contributed by atoms with van der Waals surface area (Å²) >= 11 is 0. The van der Waals surface area contributed by atoms with Gasteiger partial charge in [-0.2, -0.15) is 0 Å². The van der Waals surface area contributed by atoms with Crippen LogP contribution in [0.3, 0.4) is 0 Å². The van der Waals surface area contributed by atoms with Gasteiger partial charge in [-0.05, 0) is 64.8 Å². The van der Waals surface area contributed by atoms with Gasteiger partial charge in [-0.25, -0.2) is 0 Å². The van der Waals surface area contributed by atoms with E-state index in [4.69, 9.17) is 4.74 Å². The summed E-state index contributed by atoms with van der Waals surface area (Å²) in [5.41, 5.74) is 0.214. The Morgan fingerprint density at radius 3 is 2.61 bits per heavy atom. The molecule has 3 nitrogen and oxygen atoms in total. The van der Waals surface area contributed by atoms with Crippen LogP contribution in [0.2, 0.25) is 0 Å². The van der Waals surface area contributed by atoms with E-state index in [2.05, 4.69) is 24.5 Å². The molecule has 3 fully saturated rings. The van der Waals surface area contributed by atoms with Crippen LogP contribution in [-0.4, -0.2) is 36.9 Å². The van der Waals surface area contributed by atoms with Crippen molar-refractivity contribution in [2.45, 2.75) is 76.1 Å². The maximum atomic E-state index is 5.68. The Hall–Kier alpha value is -0.120. The second-order valence-corrected chi connectivity index (χ2v) is 6.87. The van der Waals surface area contributed by atoms with E-state index in [1.807, 2.05) is 0 Å². The molecule has 0 aromatic heterocycles. The number of nitrogens with one attached hydrogen (secondary N) is 2. The van der Waals surface area contributed by atoms with E-state index in [-0.39, 0.29) is 5.54 Å². The van der Waals surface area contributed by atoms with Gasteiger partial charge in [0.1, 0.15) is 0 Å². The van der Waals surface area contributed by atoms with Crippen molar-refractivity contribution in [2.75, 3.05) is 13.2 Å². The highest BCUT2D eigenvalue weighted by molar-refractivity contribution is 4.95. The molecule has 3 saturated heterocycles. The van der Waals surface area contributed by atoms with Crippen LogP contribution in [0.25, 0.3) is 0 Å². The van der Waals surface area contributed by atoms with E-state index in [0.29, 0.717) is 6.10 Å². The molecule has 0 aromatic rings. The highest BCUT2D eigenvalue weighted by Gasteiger charge is 2.37. The first-order chi connectivity index (χ1) is 8.66. The SMILES string of the molecule is CC1OCCC1(C)NCCC1CC2CCC(C1)N2. The minimum atomic E-state index is 0.214. The van der Waals surface area contributed by atoms with E-state index in [9.17, 15) is 0 Å². The number of hydrogen-bond acceptors (Lipinski definition) is 3. The molecule has 2 N–H and O–H groups in total. The summed E-state index contributed by atoms with van der Waals surface area (Å²) in [5.74, 6) is 0.942. The summed E-state index contributed by atoms with van der Waals surface area (Å²) in [6.45, 7) is 6.60. The summed E-state index contributed by atoms with van der Waals surface area (Å²) in [7, 11) is 0. The average molecular weight is 252 g/mol. The second kappa shape index (κ2) is 5.10. The molecule has 3 heteroatoms. The summed E-state index contributed by atoms with van der Waals surface area (Å²) in [6.07, 6.45) is 8.50. The van der Waals surface area contributed by atoms with Gasteiger partial charge in [0.15, 0.2) is 0 Å². The standard InChI is InChI=1S/C15H28N2O/c1-11-15(2,6-8-18-11)16-7-5-12-9-13-3-4-14(10-12)17-13/h11-14,16-17H,3-10H2,1-2H3. The van der Waals surface area contributed by atoms with Gasteiger partial charge in [0, 0.05) is 24.2 Å². The van der Waals surface area contributed by atoms with Crippen LogP contribution in [0.4, 0.5) is 0 Å². The zero-order valence-corrected chi connectivity index (χ0v) is 11.9. The maximum absolute atomic E-state index is 5.68. The van der Waals surface area contributed by atoms with E-state index < -0.39 is 0 Å². The molecular weight excluding hydrogens is 224 g/mol. The van der Waals surface area contributed by atoms with Crippen LogP contribution in [-0.2, 0) is 4.74 Å². The van der Waals surface area contributed by atoms with Crippen LogP contribution in [0.1, 0.15) is 52.4 Å². The van der Waals surface area contributed by atoms with E-state index >= 15 is 0 Å². The maximum Gasteiger partial charge on any atom is 0.0726 e. The molecule has 3 heterocycles. The van der Waals surface area contributed by atoms with Crippen LogP contribution < -0.4 is 10.6 Å². The summed E-state index contributed by atoms with van der Waals surface area (Å²) in [6, 6.07) is 1.66. The largest absolute Gasteiger partial charge is 0.377 e. The van der Waals surface area contributed by atoms with Crippen molar-refractivity contribution in [1.82, 2.24) is 10.6 Å². The van der Waals surface area contributed by atoms with Gasteiger partial charge < -0.3 is 15.4 Å². The molecule has 3 aliphatic heterocycles. The van der Waals surface area contributed by atoms with Crippen LogP contribution >= 0.6 is 0 Å². The monoisotopic (exact) mass is 252 g/mol. The lowest BCUT2D eigenvalue weighted by atomic mass is 9.88. The van der Waals surface area contributed by atoms with Crippen LogP contribution in [0.15, 0.2) is 0 Å². The fourth-order valence-electron chi connectivity index (χ4n) is 4.04. The Bertz CT molecular complexity index is 284. The molecule has 4 unspecified atom stereocenters. The van der Waals surface area contributed by atoms with Gasteiger partial charge in [-0.15, -0.1) is 0 Å². The normalized spacial score (nSPS) is 47.7. The molecule has 0 radical (unpaired) electrons. The first kappa shape index (κ1) is 12.9. The predicted molar refractivity (Wildman–Crippen MR) is 73.7 cm³/mol. The zero-order chi connectivity index (χ0) is 12.6. The lowest BCUT2D eigenvalue weighted by molar-refractivity contribution is 0.0878. The summed E-state index contributed by atoms with van der Waals surface area (Å²) < 4.78 is 5.68. The van der Waals surface area contributed by atoms with Gasteiger partial charge in [0.05, 0.1) is 6.10 Å². The fraction of sp³-hybridized carbons (Fsp3) is 1.00. The van der Waals surface area contributed by atoms with Gasteiger partial charge in [0.2, 0.25) is 0 Å². The quantitative estimate of drug-likeness (QED) is 0.803. The Kier molecular flexibility index (Phi) is 3.65. The first-order valence-corrected chi connectivity index (χ1v) is 7.78. The average Bonchev–Trinajstić information content (AvgIpc) is 2.84. The van der Waals surface area contributed by atoms with Crippen LogP contribution in [0.5, 0.6) is 0 Å². The number of hydrogen-bond donors (Lipinski definition) is 2. The minimum Gasteiger partial charge on any atom is -0.377 e. The zero-order valence-electron chi connectivity index (χ0n) is 11.9. The fourth-order valence-corrected chi connectivity index (χ4v) is 4.04. The molecule has 4 atom stereocenters. The molecule has 18 heavy (non-hydrogen) atoms. The van der Waals surface area contributed by atoms with Crippen molar-refractivity contribution in [2.24, 2.45) is 5.92 Å². The molecule has 104 valence electrons. The first-order valence-electron chi connectivity index (χ1n) is 7.78. The third kappa shape index (κ3) is 2.59. The van der Waals surface area contributed by atoms with Crippen molar-refractivity contribution >= 4 is 0 Å². The molecule has 0 amide bonds. The van der Waals surface area contributed by atoms with Crippen molar-refractivity contribution < 1.29 is 4.74 Å². The smallest absolute Gasteiger partial charge is 0.0726 e. The predicted octanol–water partition coefficient (Wildman–Crippen LogP) is 2.06. The lowest BCUT2D eigenvalue weighted by Gasteiger charge is -2.32. The van der Waals surface area contributed by atoms with E-state index in [0.717, 1.165) is 37.6 Å². The third-order valence-corrected chi connectivity index (χ3v) is 5.54. The minimum absolute atomic E-state index is 0.214. The van der Waals surface area contributed by atoms with Gasteiger partial charge >= 0.3 is 0 Å². The number of fused-ring (bicyclic) bond motifs is 2. The Morgan fingerprint density at radius 2 is 2.00 bits per heavy atom. The topological polar surface area (TPSA) is 33.3 Å². The summed E-state index contributed by atoms with van der Waals surface area (Å²) in [4.78, 5) is 0. The number of ether oxygens (including phenoxy) is 1. The molecule has 2 bridgehead atoms.